The van der Waals surface area contributed by atoms with Crippen LogP contribution in [-0.4, -0.2) is 15.7 Å². The van der Waals surface area contributed by atoms with Gasteiger partial charge in [0.15, 0.2) is 0 Å². The second-order valence-corrected chi connectivity index (χ2v) is 3.96. The van der Waals surface area contributed by atoms with Crippen LogP contribution in [0.1, 0.15) is 6.92 Å². The van der Waals surface area contributed by atoms with E-state index in [0.29, 0.717) is 4.90 Å². The lowest BCUT2D eigenvalue weighted by atomic mass is 10.4. The molecule has 0 aromatic heterocycles. The molecule has 0 saturated heterocycles. The zero-order chi connectivity index (χ0) is 8.97. The summed E-state index contributed by atoms with van der Waals surface area (Å²) >= 11 is 0. The predicted octanol–water partition coefficient (Wildman–Crippen LogP) is 1.38. The number of hydrogen-bond acceptors (Lipinski definition) is 2. The highest BCUT2D eigenvalue weighted by molar-refractivity contribution is 7.85. The first-order valence-corrected chi connectivity index (χ1v) is 4.95. The molecule has 0 spiro atoms. The standard InChI is InChI=1S/C9H10O2S/c1-8(10)7-12(11)9-5-3-2-4-6-9/h2-6H,7H2,1H3/i1+1. The van der Waals surface area contributed by atoms with Crippen molar-refractivity contribution in [3.8, 4) is 0 Å². The average molecular weight is 183 g/mol. The molecule has 0 aliphatic heterocycles. The summed E-state index contributed by atoms with van der Waals surface area (Å²) in [5.74, 6) is 0.0708. The molecule has 0 fully saturated rings. The molecule has 0 heterocycles. The van der Waals surface area contributed by atoms with Gasteiger partial charge in [0.05, 0.1) is 16.6 Å². The van der Waals surface area contributed by atoms with Gasteiger partial charge in [-0.25, -0.2) is 0 Å². The molecule has 0 bridgehead atoms. The van der Waals surface area contributed by atoms with Crippen molar-refractivity contribution >= 4 is 16.6 Å². The number of hydrogen-bond donors (Lipinski definition) is 0. The van der Waals surface area contributed by atoms with Gasteiger partial charge in [0.1, 0.15) is 5.78 Å². The van der Waals surface area contributed by atoms with Crippen molar-refractivity contribution in [2.24, 2.45) is 0 Å². The lowest BCUT2D eigenvalue weighted by Gasteiger charge is -1.97. The van der Waals surface area contributed by atoms with E-state index in [2.05, 4.69) is 0 Å². The Morgan fingerprint density at radius 2 is 1.92 bits per heavy atom. The summed E-state index contributed by atoms with van der Waals surface area (Å²) in [6.07, 6.45) is 0. The minimum absolute atomic E-state index is 0.0443. The van der Waals surface area contributed by atoms with Crippen molar-refractivity contribution in [2.45, 2.75) is 11.8 Å². The molecular weight excluding hydrogens is 173 g/mol. The van der Waals surface area contributed by atoms with Crippen molar-refractivity contribution in [2.75, 3.05) is 5.75 Å². The normalized spacial score (nSPS) is 12.4. The molecule has 0 aliphatic rings. The summed E-state index contributed by atoms with van der Waals surface area (Å²) in [7, 11) is -1.16. The van der Waals surface area contributed by atoms with Crippen LogP contribution < -0.4 is 0 Å². The first kappa shape index (κ1) is 9.13. The third kappa shape index (κ3) is 2.58. The van der Waals surface area contributed by atoms with Crippen molar-refractivity contribution in [1.82, 2.24) is 0 Å². The summed E-state index contributed by atoms with van der Waals surface area (Å²) in [6, 6.07) is 9.01. The summed E-state index contributed by atoms with van der Waals surface area (Å²) in [5.41, 5.74) is 0. The third-order valence-electron chi connectivity index (χ3n) is 1.34. The van der Waals surface area contributed by atoms with E-state index in [1.54, 1.807) is 12.1 Å². The molecule has 1 aromatic rings. The first-order valence-electron chi connectivity index (χ1n) is 3.63. The minimum atomic E-state index is -1.16. The molecule has 0 aliphatic carbocycles. The monoisotopic (exact) mass is 183 g/mol. The maximum Gasteiger partial charge on any atom is 0.142 e. The molecule has 2 nitrogen and oxygen atoms in total. The van der Waals surface area contributed by atoms with Crippen molar-refractivity contribution < 1.29 is 9.00 Å². The van der Waals surface area contributed by atoms with Crippen LogP contribution in [0.4, 0.5) is 0 Å². The maximum absolute atomic E-state index is 11.3. The molecule has 3 heteroatoms. The van der Waals surface area contributed by atoms with Gasteiger partial charge in [-0.3, -0.25) is 9.00 Å². The summed E-state index contributed by atoms with van der Waals surface area (Å²) in [6.45, 7) is 1.45. The van der Waals surface area contributed by atoms with Crippen molar-refractivity contribution in [3.63, 3.8) is 0 Å². The van der Waals surface area contributed by atoms with Gasteiger partial charge in [-0.1, -0.05) is 18.2 Å². The number of ketones is 1. The highest BCUT2D eigenvalue weighted by Gasteiger charge is 2.04. The Hall–Kier alpha value is -0.960. The van der Waals surface area contributed by atoms with Crippen molar-refractivity contribution in [3.05, 3.63) is 30.3 Å². The second-order valence-electron chi connectivity index (χ2n) is 2.50. The third-order valence-corrected chi connectivity index (χ3v) is 2.81. The molecule has 1 atom stereocenters. The van der Waals surface area contributed by atoms with Crippen LogP contribution in [0.2, 0.25) is 0 Å². The van der Waals surface area contributed by atoms with Crippen molar-refractivity contribution in [1.29, 1.82) is 0 Å². The van der Waals surface area contributed by atoms with E-state index in [9.17, 15) is 9.00 Å². The Morgan fingerprint density at radius 3 is 2.42 bits per heavy atom. The van der Waals surface area contributed by atoms with Gasteiger partial charge in [0, 0.05) is 4.90 Å². The van der Waals surface area contributed by atoms with Gasteiger partial charge in [0.25, 0.3) is 0 Å². The molecule has 1 rings (SSSR count). The fourth-order valence-corrected chi connectivity index (χ4v) is 1.84. The molecule has 0 radical (unpaired) electrons. The van der Waals surface area contributed by atoms with Crippen LogP contribution >= 0.6 is 0 Å². The Morgan fingerprint density at radius 1 is 1.33 bits per heavy atom. The zero-order valence-electron chi connectivity index (χ0n) is 6.82. The van der Waals surface area contributed by atoms with Gasteiger partial charge in [-0.05, 0) is 19.1 Å². The van der Waals surface area contributed by atoms with E-state index in [1.807, 2.05) is 18.2 Å². The Labute approximate surface area is 74.1 Å². The van der Waals surface area contributed by atoms with Crippen LogP contribution in [0, 0.1) is 0 Å². The fraction of sp³-hybridized carbons (Fsp3) is 0.222. The van der Waals surface area contributed by atoms with Gasteiger partial charge in [-0.15, -0.1) is 0 Å². The molecule has 0 amide bonds. The quantitative estimate of drug-likeness (QED) is 0.663. The molecule has 0 saturated carbocycles. The Kier molecular flexibility index (Phi) is 3.17. The van der Waals surface area contributed by atoms with Gasteiger partial charge in [0.2, 0.25) is 0 Å². The number of carbonyl (C=O) groups is 1. The second kappa shape index (κ2) is 4.16. The van der Waals surface area contributed by atoms with E-state index in [4.69, 9.17) is 0 Å². The van der Waals surface area contributed by atoms with Crippen LogP contribution in [0.3, 0.4) is 0 Å². The first-order chi connectivity index (χ1) is 5.70. The van der Waals surface area contributed by atoms with E-state index in [-0.39, 0.29) is 11.5 Å². The van der Waals surface area contributed by atoms with Crippen LogP contribution in [0.15, 0.2) is 35.2 Å². The minimum Gasteiger partial charge on any atom is -0.299 e. The highest BCUT2D eigenvalue weighted by atomic mass is 32.2. The summed E-state index contributed by atoms with van der Waals surface area (Å²) < 4.78 is 11.3. The number of Topliss-reactive ketones (excluding diaryl/α,β-unsaturated/α-hetero) is 1. The Bertz CT molecular complexity index is 293. The summed E-state index contributed by atoms with van der Waals surface area (Å²) in [4.78, 5) is 11.3. The number of carbonyl (C=O) groups excluding carboxylic acids is 1. The number of benzene rings is 1. The molecule has 64 valence electrons. The van der Waals surface area contributed by atoms with E-state index >= 15 is 0 Å². The topological polar surface area (TPSA) is 34.1 Å². The summed E-state index contributed by atoms with van der Waals surface area (Å²) in [5, 5.41) is 0. The van der Waals surface area contributed by atoms with Crippen LogP contribution in [0.5, 0.6) is 0 Å². The lowest BCUT2D eigenvalue weighted by Crippen LogP contribution is -2.05. The van der Waals surface area contributed by atoms with Gasteiger partial charge >= 0.3 is 0 Å². The number of rotatable bonds is 3. The smallest absolute Gasteiger partial charge is 0.142 e. The maximum atomic E-state index is 11.3. The average Bonchev–Trinajstić information content (AvgIpc) is 2.05. The zero-order valence-corrected chi connectivity index (χ0v) is 7.64. The lowest BCUT2D eigenvalue weighted by molar-refractivity contribution is -0.114. The van der Waals surface area contributed by atoms with Crippen LogP contribution in [0.25, 0.3) is 0 Å². The van der Waals surface area contributed by atoms with Crippen LogP contribution in [-0.2, 0) is 15.6 Å². The molecule has 1 aromatic carbocycles. The molecular formula is C9H10O2S. The van der Waals surface area contributed by atoms with E-state index in [1.165, 1.54) is 6.92 Å². The highest BCUT2D eigenvalue weighted by Crippen LogP contribution is 2.04. The van der Waals surface area contributed by atoms with Gasteiger partial charge < -0.3 is 0 Å². The Balaban J connectivity index is 2.73. The van der Waals surface area contributed by atoms with Gasteiger partial charge in [-0.2, -0.15) is 0 Å². The fourth-order valence-electron chi connectivity index (χ4n) is 0.840. The van der Waals surface area contributed by atoms with E-state index < -0.39 is 10.8 Å². The van der Waals surface area contributed by atoms with E-state index in [0.717, 1.165) is 0 Å². The predicted molar refractivity (Wildman–Crippen MR) is 48.4 cm³/mol. The molecule has 1 unspecified atom stereocenters. The largest absolute Gasteiger partial charge is 0.299 e. The SMILES string of the molecule is [13CH3]C(=O)CS(=O)c1ccccc1. The molecule has 0 N–H and O–H groups in total. The molecule has 12 heavy (non-hydrogen) atoms.